The summed E-state index contributed by atoms with van der Waals surface area (Å²) in [5, 5.41) is 10.2. The summed E-state index contributed by atoms with van der Waals surface area (Å²) < 4.78 is 43.7. The van der Waals surface area contributed by atoms with Crippen LogP contribution < -0.4 is 10.6 Å². The van der Waals surface area contributed by atoms with E-state index in [1.54, 1.807) is 36.7 Å². The number of hydrogen-bond acceptors (Lipinski definition) is 6. The van der Waals surface area contributed by atoms with Gasteiger partial charge in [0.2, 0.25) is 0 Å². The van der Waals surface area contributed by atoms with Gasteiger partial charge in [-0.1, -0.05) is 25.4 Å². The van der Waals surface area contributed by atoms with Gasteiger partial charge in [-0.3, -0.25) is 9.78 Å². The number of pyridine rings is 1. The Morgan fingerprint density at radius 1 is 1.30 bits per heavy atom. The van der Waals surface area contributed by atoms with Crippen LogP contribution in [0.4, 0.5) is 18.9 Å². The molecule has 1 unspecified atom stereocenters. The normalized spacial score (nSPS) is 17.9. The van der Waals surface area contributed by atoms with Gasteiger partial charge in [-0.15, -0.1) is 0 Å². The molecular formula is C24H29ClF3N6OSSb. The summed E-state index contributed by atoms with van der Waals surface area (Å²) in [5.41, 5.74) is 2.01. The second-order valence-electron chi connectivity index (χ2n) is 9.47. The third kappa shape index (κ3) is 7.24. The van der Waals surface area contributed by atoms with Crippen molar-refractivity contribution >= 4 is 56.5 Å². The molecule has 1 saturated carbocycles. The van der Waals surface area contributed by atoms with E-state index in [9.17, 15) is 18.0 Å². The van der Waals surface area contributed by atoms with Crippen molar-refractivity contribution in [3.05, 3.63) is 41.4 Å². The van der Waals surface area contributed by atoms with Gasteiger partial charge in [-0.25, -0.2) is 22.7 Å². The third-order valence-electron chi connectivity index (χ3n) is 6.10. The Morgan fingerprint density at radius 3 is 2.59 bits per heavy atom. The zero-order chi connectivity index (χ0) is 26.7. The van der Waals surface area contributed by atoms with Crippen LogP contribution in [0.3, 0.4) is 0 Å². The maximum absolute atomic E-state index is 13.9. The minimum atomic E-state index is -2.72. The number of nitrogens with zero attached hydrogens (tertiary/aromatic N) is 4. The van der Waals surface area contributed by atoms with Crippen molar-refractivity contribution in [3.8, 4) is 11.3 Å². The van der Waals surface area contributed by atoms with Gasteiger partial charge in [0.05, 0.1) is 39.9 Å². The molecule has 1 aliphatic heterocycles. The van der Waals surface area contributed by atoms with Gasteiger partial charge in [-0.2, -0.15) is 5.10 Å². The van der Waals surface area contributed by atoms with Crippen molar-refractivity contribution in [1.82, 2.24) is 24.9 Å². The fourth-order valence-electron chi connectivity index (χ4n) is 3.71. The average molecular weight is 664 g/mol. The van der Waals surface area contributed by atoms with E-state index >= 15 is 0 Å². The zero-order valence-corrected chi connectivity index (χ0v) is 24.8. The number of nitrogens with one attached hydrogen (secondary N) is 2. The molecule has 0 aromatic carbocycles. The van der Waals surface area contributed by atoms with Gasteiger partial charge in [0, 0.05) is 37.8 Å². The van der Waals surface area contributed by atoms with Crippen molar-refractivity contribution in [2.45, 2.75) is 54.1 Å². The van der Waals surface area contributed by atoms with Gasteiger partial charge in [-0.05, 0) is 12.0 Å². The molecule has 3 aromatic rings. The molecule has 13 heteroatoms. The zero-order valence-electron chi connectivity index (χ0n) is 20.7. The number of alkyl halides is 3. The van der Waals surface area contributed by atoms with Crippen molar-refractivity contribution in [2.75, 3.05) is 17.6 Å². The van der Waals surface area contributed by atoms with E-state index in [1.165, 1.54) is 22.7 Å². The molecule has 1 amide bonds. The van der Waals surface area contributed by atoms with Gasteiger partial charge in [0.15, 0.2) is 5.65 Å². The first-order valence-corrected chi connectivity index (χ1v) is 20.7. The van der Waals surface area contributed by atoms with Gasteiger partial charge in [0.1, 0.15) is 6.17 Å². The van der Waals surface area contributed by atoms with E-state index in [0.717, 1.165) is 0 Å². The number of carbonyl (C=O) groups excluding carboxylic acids is 1. The SMILES string of the molecule is CC(C)C(F)CNC(=O)c1cnc(-c2cnn3cc(Cl)cnc23)cc1NC1CC(F)(F)C1.[CH3][Sb]1[CH2]C[S]1. The van der Waals surface area contributed by atoms with E-state index in [-0.39, 0.29) is 49.7 Å². The van der Waals surface area contributed by atoms with E-state index in [1.807, 2.05) is 0 Å². The minimum absolute atomic E-state index is 0.146. The number of hydrogen-bond donors (Lipinski definition) is 2. The predicted molar refractivity (Wildman–Crippen MR) is 144 cm³/mol. The molecule has 0 radical (unpaired) electrons. The topological polar surface area (TPSA) is 84.2 Å². The van der Waals surface area contributed by atoms with Crippen molar-refractivity contribution in [3.63, 3.8) is 0 Å². The molecule has 7 nitrogen and oxygen atoms in total. The van der Waals surface area contributed by atoms with Crippen LogP contribution >= 0.6 is 20.5 Å². The summed E-state index contributed by atoms with van der Waals surface area (Å²) in [4.78, 5) is 23.8. The van der Waals surface area contributed by atoms with Crippen molar-refractivity contribution < 1.29 is 18.0 Å². The molecule has 0 spiro atoms. The third-order valence-corrected chi connectivity index (χ3v) is 17.0. The van der Waals surface area contributed by atoms with Crippen LogP contribution in [0.1, 0.15) is 37.0 Å². The number of fused-ring (bicyclic) bond motifs is 1. The molecule has 5 rings (SSSR count). The Morgan fingerprint density at radius 2 is 2.00 bits per heavy atom. The van der Waals surface area contributed by atoms with Crippen LogP contribution in [-0.2, 0) is 0 Å². The van der Waals surface area contributed by atoms with Crippen molar-refractivity contribution in [1.29, 1.82) is 0 Å². The van der Waals surface area contributed by atoms with Crippen molar-refractivity contribution in [2.24, 2.45) is 5.92 Å². The Hall–Kier alpha value is -1.71. The molecule has 1 atom stereocenters. The Bertz CT molecular complexity index is 1250. The molecule has 1 aliphatic carbocycles. The summed E-state index contributed by atoms with van der Waals surface area (Å²) >= 11 is 5.56. The van der Waals surface area contributed by atoms with Crippen LogP contribution in [0.25, 0.3) is 16.9 Å². The number of halogens is 4. The average Bonchev–Trinajstić information content (AvgIpc) is 3.23. The molecule has 2 fully saturated rings. The Kier molecular flexibility index (Phi) is 9.17. The van der Waals surface area contributed by atoms with Gasteiger partial charge >= 0.3 is 42.6 Å². The number of carbonyl (C=O) groups is 1. The monoisotopic (exact) mass is 662 g/mol. The molecule has 3 aromatic heterocycles. The van der Waals surface area contributed by atoms with E-state index in [4.69, 9.17) is 11.6 Å². The van der Waals surface area contributed by atoms with Crippen LogP contribution in [-0.4, -0.2) is 74.7 Å². The molecule has 2 N–H and O–H groups in total. The summed E-state index contributed by atoms with van der Waals surface area (Å²) in [7, 11) is 2.24. The second-order valence-corrected chi connectivity index (χ2v) is 21.8. The number of aromatic nitrogens is 4. The molecule has 2 aliphatic rings. The number of rotatable bonds is 7. The van der Waals surface area contributed by atoms with Crippen LogP contribution in [0, 0.1) is 5.92 Å². The second kappa shape index (κ2) is 12.0. The first kappa shape index (κ1) is 28.3. The van der Waals surface area contributed by atoms with Gasteiger partial charge in [0.25, 0.3) is 11.8 Å². The molecular weight excluding hydrogens is 635 g/mol. The molecule has 0 bridgehead atoms. The molecule has 37 heavy (non-hydrogen) atoms. The first-order chi connectivity index (χ1) is 17.5. The fraction of sp³-hybridized carbons (Fsp3) is 0.500. The molecule has 4 heterocycles. The molecule has 1 saturated heterocycles. The van der Waals surface area contributed by atoms with E-state index in [2.05, 4.69) is 39.4 Å². The van der Waals surface area contributed by atoms with E-state index < -0.39 is 24.0 Å². The summed E-state index contributed by atoms with van der Waals surface area (Å²) in [6.07, 6.45) is 4.09. The number of anilines is 1. The maximum atomic E-state index is 13.9. The number of amides is 1. The summed E-state index contributed by atoms with van der Waals surface area (Å²) in [5.74, 6) is -2.02. The summed E-state index contributed by atoms with van der Waals surface area (Å²) in [6.45, 7) is 3.28. The standard InChI is InChI=1S/C21H22ClF3N6O.C2H5S.CH3.Sb/c1-11(2)16(23)9-28-20(32)15-7-26-17(3-18(15)30-13-4-21(24,25)5-13)14-8-29-31-10-12(22)6-27-19(14)31;1-2-3;;/h3,6-8,10-11,13,16H,4-5,9H2,1-2H3,(H,26,30)(H,28,32);3H,1-2H2;1H3;/q;;;+1/p-1. The van der Waals surface area contributed by atoms with Crippen LogP contribution in [0.2, 0.25) is 14.3 Å². The van der Waals surface area contributed by atoms with E-state index in [0.29, 0.717) is 27.6 Å². The van der Waals surface area contributed by atoms with Crippen LogP contribution in [0.15, 0.2) is 30.9 Å². The summed E-state index contributed by atoms with van der Waals surface area (Å²) in [6, 6.07) is 1.10. The van der Waals surface area contributed by atoms with Crippen LogP contribution in [0.5, 0.6) is 0 Å². The predicted octanol–water partition coefficient (Wildman–Crippen LogP) is 5.73. The quantitative estimate of drug-likeness (QED) is 0.314. The first-order valence-electron chi connectivity index (χ1n) is 11.9. The van der Waals surface area contributed by atoms with Gasteiger partial charge < -0.3 is 10.6 Å². The molecule has 200 valence electrons. The Balaban J connectivity index is 0.000000572. The fourth-order valence-corrected chi connectivity index (χ4v) is 9.09. The Labute approximate surface area is 228 Å².